The normalized spacial score (nSPS) is 16.6. The minimum absolute atomic E-state index is 0.0168. The molecule has 1 saturated heterocycles. The number of carbonyl (C=O) groups is 7. The predicted octanol–water partition coefficient (Wildman–Crippen LogP) is 2.42. The van der Waals surface area contributed by atoms with E-state index in [-0.39, 0.29) is 100.0 Å². The van der Waals surface area contributed by atoms with Gasteiger partial charge in [0.25, 0.3) is 23.6 Å². The number of hydrogen-bond acceptors (Lipinski definition) is 14. The Labute approximate surface area is 369 Å². The Bertz CT molecular complexity index is 2540. The Morgan fingerprint density at radius 2 is 1.52 bits per heavy atom. The van der Waals surface area contributed by atoms with E-state index >= 15 is 0 Å². The number of amides is 7. The van der Waals surface area contributed by atoms with Crippen LogP contribution in [0.15, 0.2) is 54.6 Å². The average molecular weight is 904 g/mol. The van der Waals surface area contributed by atoms with Gasteiger partial charge in [0.15, 0.2) is 24.1 Å². The van der Waals surface area contributed by atoms with Gasteiger partial charge in [0.1, 0.15) is 35.4 Å². The zero-order chi connectivity index (χ0) is 46.3. The topological polar surface area (TPSA) is 224 Å². The highest BCUT2D eigenvalue weighted by molar-refractivity contribution is 7.90. The van der Waals surface area contributed by atoms with Crippen molar-refractivity contribution < 1.29 is 74.8 Å². The molecular weight excluding hydrogens is 855 g/mol. The minimum Gasteiger partial charge on any atom is -0.493 e. The van der Waals surface area contributed by atoms with E-state index in [4.69, 9.17) is 23.7 Å². The van der Waals surface area contributed by atoms with Crippen LogP contribution in [0.2, 0.25) is 0 Å². The highest BCUT2D eigenvalue weighted by atomic mass is 32.2. The Kier molecular flexibility index (Phi) is 14.9. The number of benzene rings is 3. The fourth-order valence-electron chi connectivity index (χ4n) is 7.57. The molecule has 0 saturated carbocycles. The second-order valence-electron chi connectivity index (χ2n) is 15.0. The van der Waals surface area contributed by atoms with Crippen LogP contribution in [0.3, 0.4) is 0 Å². The van der Waals surface area contributed by atoms with Crippen LogP contribution in [0.5, 0.6) is 11.5 Å². The molecule has 0 bridgehead atoms. The second-order valence-corrected chi connectivity index (χ2v) is 17.1. The number of methoxy groups -OCH3 is 1. The van der Waals surface area contributed by atoms with E-state index in [2.05, 4.69) is 18.8 Å². The van der Waals surface area contributed by atoms with Gasteiger partial charge in [0.05, 0.1) is 93.8 Å². The average Bonchev–Trinajstić information content (AvgIpc) is 3.67. The second kappa shape index (κ2) is 20.4. The Morgan fingerprint density at radius 3 is 2.19 bits per heavy atom. The molecule has 3 heterocycles. The van der Waals surface area contributed by atoms with E-state index in [0.717, 1.165) is 16.1 Å². The number of hydrogen-bond donors (Lipinski definition) is 1. The number of ether oxygens (including phenoxy) is 5. The van der Waals surface area contributed by atoms with E-state index in [1.54, 1.807) is 37.3 Å². The Morgan fingerprint density at radius 1 is 0.859 bits per heavy atom. The van der Waals surface area contributed by atoms with Gasteiger partial charge >= 0.3 is 11.8 Å². The summed E-state index contributed by atoms with van der Waals surface area (Å²) in [5.74, 6) is -4.27. The van der Waals surface area contributed by atoms with Gasteiger partial charge < -0.3 is 29.0 Å². The van der Waals surface area contributed by atoms with Crippen molar-refractivity contribution >= 4 is 76.0 Å². The first-order valence-electron chi connectivity index (χ1n) is 20.4. The smallest absolute Gasteiger partial charge is 0.417 e. The molecular formula is C44H49N5O14S+2. The number of rotatable bonds is 22. The molecule has 0 spiro atoms. The molecule has 64 heavy (non-hydrogen) atoms. The highest BCUT2D eigenvalue weighted by Gasteiger charge is 2.51. The van der Waals surface area contributed by atoms with Gasteiger partial charge in [-0.1, -0.05) is 18.2 Å². The van der Waals surface area contributed by atoms with Crippen LogP contribution in [-0.2, 0) is 38.4 Å². The van der Waals surface area contributed by atoms with Crippen LogP contribution in [-0.4, -0.2) is 160 Å². The maximum absolute atomic E-state index is 13.9. The van der Waals surface area contributed by atoms with Gasteiger partial charge in [-0.25, -0.2) is 22.6 Å². The maximum atomic E-state index is 13.9. The summed E-state index contributed by atoms with van der Waals surface area (Å²) in [5, 5.41) is 2.68. The lowest BCUT2D eigenvalue weighted by atomic mass is 10.0. The van der Waals surface area contributed by atoms with Gasteiger partial charge in [-0.15, -0.1) is 4.58 Å². The largest absolute Gasteiger partial charge is 0.493 e. The molecule has 2 atom stereocenters. The minimum atomic E-state index is -3.71. The molecule has 3 aromatic carbocycles. The molecule has 3 aliphatic heterocycles. The number of anilines is 1. The fourth-order valence-corrected chi connectivity index (χ4v) is 8.49. The molecule has 0 radical (unpaired) electrons. The summed E-state index contributed by atoms with van der Waals surface area (Å²) in [6.07, 6.45) is 0.930. The number of nitrogens with zero attached hydrogens (tertiary/aromatic N) is 4. The third-order valence-corrected chi connectivity index (χ3v) is 11.6. The SMILES string of the molecule is C=[N+]1C(=O)CCC(N2C(=O)c3cccc([N+](=C)CCOCCOCCOCCC(=O)Nc4cccc5c4C(=O)N([C@H](CS(C)(=O)=O)c4ccc(OC)c(OCC)c4)C5=O)c3C2=O)C1=O. The van der Waals surface area contributed by atoms with Crippen molar-refractivity contribution in [1.82, 2.24) is 9.80 Å². The molecule has 338 valence electrons. The molecule has 19 nitrogen and oxygen atoms in total. The van der Waals surface area contributed by atoms with E-state index < -0.39 is 69.0 Å². The zero-order valence-corrected chi connectivity index (χ0v) is 36.5. The summed E-state index contributed by atoms with van der Waals surface area (Å²) in [6.45, 7) is 10.8. The number of sulfone groups is 1. The third kappa shape index (κ3) is 10.1. The number of piperidine rings is 1. The molecule has 1 unspecified atom stereocenters. The molecule has 1 N–H and O–H groups in total. The van der Waals surface area contributed by atoms with Gasteiger partial charge in [-0.05, 0) is 49.2 Å². The number of fused-ring (bicyclic) bond motifs is 2. The lowest BCUT2D eigenvalue weighted by molar-refractivity contribution is -0.436. The van der Waals surface area contributed by atoms with Crippen molar-refractivity contribution in [2.75, 3.05) is 77.2 Å². The molecule has 3 aromatic rings. The highest BCUT2D eigenvalue weighted by Crippen LogP contribution is 2.39. The lowest BCUT2D eigenvalue weighted by Crippen LogP contribution is -2.52. The van der Waals surface area contributed by atoms with Crippen LogP contribution in [0.4, 0.5) is 11.4 Å². The van der Waals surface area contributed by atoms with Gasteiger partial charge in [-0.3, -0.25) is 33.8 Å². The van der Waals surface area contributed by atoms with Crippen LogP contribution in [0.25, 0.3) is 0 Å². The van der Waals surface area contributed by atoms with Crippen LogP contribution < -0.4 is 14.8 Å². The number of nitrogens with one attached hydrogen (secondary N) is 1. The summed E-state index contributed by atoms with van der Waals surface area (Å²) in [6, 6.07) is 11.5. The monoisotopic (exact) mass is 903 g/mol. The summed E-state index contributed by atoms with van der Waals surface area (Å²) in [5.41, 5.74) is 1.03. The molecule has 1 fully saturated rings. The van der Waals surface area contributed by atoms with E-state index in [1.807, 2.05) is 0 Å². The van der Waals surface area contributed by atoms with Crippen molar-refractivity contribution in [1.29, 1.82) is 0 Å². The van der Waals surface area contributed by atoms with E-state index in [1.165, 1.54) is 36.0 Å². The molecule has 0 aromatic heterocycles. The summed E-state index contributed by atoms with van der Waals surface area (Å²) in [7, 11) is -2.26. The Balaban J connectivity index is 0.918. The summed E-state index contributed by atoms with van der Waals surface area (Å²) >= 11 is 0. The predicted molar refractivity (Wildman–Crippen MR) is 229 cm³/mol. The van der Waals surface area contributed by atoms with E-state index in [0.29, 0.717) is 27.3 Å². The van der Waals surface area contributed by atoms with Crippen LogP contribution in [0, 0.1) is 0 Å². The molecule has 20 heteroatoms. The number of carbonyl (C=O) groups excluding carboxylic acids is 7. The first-order valence-corrected chi connectivity index (χ1v) is 22.4. The first kappa shape index (κ1) is 47.0. The summed E-state index contributed by atoms with van der Waals surface area (Å²) < 4.78 is 55.1. The fraction of sp³-hybridized carbons (Fsp3) is 0.386. The van der Waals surface area contributed by atoms with Crippen LogP contribution in [0.1, 0.15) is 79.2 Å². The first-order chi connectivity index (χ1) is 30.6. The molecule has 7 amide bonds. The van der Waals surface area contributed by atoms with Crippen LogP contribution >= 0.6 is 0 Å². The van der Waals surface area contributed by atoms with Gasteiger partial charge in [-0.2, -0.15) is 0 Å². The standard InChI is InChI=1S/C44H48N5O14S/c1-6-63-35-25-27(13-15-34(35)59-4)33(26-64(5,57)58)49-40(52)28-9-7-11-30(38(28)43(49)55)45-36(50)17-19-60-21-23-62-24-22-61-20-18-46(2)31-12-8-10-29-39(31)44(56)48(41(29)53)32-14-16-37(51)47(3)42(32)54/h7-13,15,25,32-33H,2-3,6,14,16-24,26H2,1,4-5H3/q+1/p+1/t32?,33-/m1/s1. The van der Waals surface area contributed by atoms with Crippen molar-refractivity contribution in [3.05, 3.63) is 82.4 Å². The van der Waals surface area contributed by atoms with Crippen molar-refractivity contribution in [2.24, 2.45) is 0 Å². The quantitative estimate of drug-likeness (QED) is 0.0662. The molecule has 0 aliphatic carbocycles. The van der Waals surface area contributed by atoms with E-state index in [9.17, 15) is 42.0 Å². The van der Waals surface area contributed by atoms with Gasteiger partial charge in [0.2, 0.25) is 11.6 Å². The summed E-state index contributed by atoms with van der Waals surface area (Å²) in [4.78, 5) is 93.7. The van der Waals surface area contributed by atoms with Crippen molar-refractivity contribution in [3.8, 4) is 11.5 Å². The zero-order valence-electron chi connectivity index (χ0n) is 35.7. The third-order valence-electron chi connectivity index (χ3n) is 10.6. The van der Waals surface area contributed by atoms with Crippen molar-refractivity contribution in [2.45, 2.75) is 38.3 Å². The Hall–Kier alpha value is -6.48. The molecule has 6 rings (SSSR count). The lowest BCUT2D eigenvalue weighted by Gasteiger charge is -2.27. The number of imide groups is 3. The van der Waals surface area contributed by atoms with Crippen molar-refractivity contribution in [3.63, 3.8) is 0 Å². The van der Waals surface area contributed by atoms with Gasteiger partial charge in [0, 0.05) is 12.3 Å². The maximum Gasteiger partial charge on any atom is 0.417 e. The molecule has 3 aliphatic rings.